The van der Waals surface area contributed by atoms with E-state index >= 15 is 0 Å². The van der Waals surface area contributed by atoms with Crippen LogP contribution in [0.3, 0.4) is 0 Å². The van der Waals surface area contributed by atoms with Crippen LogP contribution in [0.1, 0.15) is 47.8 Å². The molecule has 1 amide bonds. The second kappa shape index (κ2) is 9.51. The van der Waals surface area contributed by atoms with Gasteiger partial charge in [-0.25, -0.2) is 9.59 Å². The van der Waals surface area contributed by atoms with Crippen LogP contribution in [0.5, 0.6) is 11.5 Å². The van der Waals surface area contributed by atoms with Crippen molar-refractivity contribution in [3.63, 3.8) is 0 Å². The summed E-state index contributed by atoms with van der Waals surface area (Å²) in [4.78, 5) is 26.9. The average molecular weight is 442 g/mol. The Morgan fingerprint density at radius 1 is 0.969 bits per heavy atom. The van der Waals surface area contributed by atoms with Gasteiger partial charge in [0.1, 0.15) is 17.1 Å². The summed E-state index contributed by atoms with van der Waals surface area (Å²) in [5.74, 6) is 0.947. The Bertz CT molecular complexity index is 994. The molecule has 3 rings (SSSR count). The number of amides is 1. The molecule has 0 heterocycles. The fourth-order valence-corrected chi connectivity index (χ4v) is 3.89. The van der Waals surface area contributed by atoms with E-state index in [1.807, 2.05) is 45.0 Å². The van der Waals surface area contributed by atoms with Crippen molar-refractivity contribution in [1.82, 2.24) is 4.90 Å². The number of esters is 1. The summed E-state index contributed by atoms with van der Waals surface area (Å²) in [7, 11) is 4.56. The van der Waals surface area contributed by atoms with Gasteiger partial charge < -0.3 is 23.8 Å². The first-order valence-electron chi connectivity index (χ1n) is 10.6. The highest BCUT2D eigenvalue weighted by atomic mass is 16.6. The van der Waals surface area contributed by atoms with Crippen molar-refractivity contribution < 1.29 is 28.5 Å². The van der Waals surface area contributed by atoms with Crippen LogP contribution >= 0.6 is 0 Å². The minimum absolute atomic E-state index is 0.112. The van der Waals surface area contributed by atoms with Crippen molar-refractivity contribution in [2.24, 2.45) is 0 Å². The van der Waals surface area contributed by atoms with Crippen molar-refractivity contribution in [3.8, 4) is 11.5 Å². The number of carbonyl (C=O) groups excluding carboxylic acids is 2. The molecule has 7 nitrogen and oxygen atoms in total. The normalized spacial score (nSPS) is 15.0. The third-order valence-corrected chi connectivity index (χ3v) is 5.44. The Balaban J connectivity index is 1.90. The zero-order valence-electron chi connectivity index (χ0n) is 19.6. The minimum Gasteiger partial charge on any atom is -0.497 e. The molecular formula is C25H31NO6. The fourth-order valence-electron chi connectivity index (χ4n) is 3.89. The molecule has 1 atom stereocenters. The van der Waals surface area contributed by atoms with Crippen LogP contribution in [0.2, 0.25) is 0 Å². The first-order chi connectivity index (χ1) is 15.1. The van der Waals surface area contributed by atoms with Gasteiger partial charge in [0, 0.05) is 17.7 Å². The summed E-state index contributed by atoms with van der Waals surface area (Å²) < 4.78 is 21.4. The Labute approximate surface area is 189 Å². The summed E-state index contributed by atoms with van der Waals surface area (Å²) in [6, 6.07) is 11.0. The van der Waals surface area contributed by atoms with Crippen LogP contribution in [-0.2, 0) is 28.9 Å². The summed E-state index contributed by atoms with van der Waals surface area (Å²) in [5.41, 5.74) is 2.88. The van der Waals surface area contributed by atoms with E-state index in [9.17, 15) is 9.59 Å². The number of carbonyl (C=O) groups is 2. The molecule has 0 aliphatic heterocycles. The van der Waals surface area contributed by atoms with Crippen LogP contribution < -0.4 is 9.47 Å². The van der Waals surface area contributed by atoms with Gasteiger partial charge in [-0.2, -0.15) is 0 Å². The van der Waals surface area contributed by atoms with Crippen molar-refractivity contribution in [1.29, 1.82) is 0 Å². The molecule has 2 aromatic carbocycles. The number of hydrogen-bond donors (Lipinski definition) is 0. The van der Waals surface area contributed by atoms with Crippen molar-refractivity contribution >= 4 is 12.1 Å². The van der Waals surface area contributed by atoms with Crippen LogP contribution in [0, 0.1) is 0 Å². The lowest BCUT2D eigenvalue weighted by atomic mass is 10.1. The molecule has 0 bridgehead atoms. The highest BCUT2D eigenvalue weighted by molar-refractivity contribution is 5.89. The second-order valence-electron chi connectivity index (χ2n) is 8.82. The molecule has 7 heteroatoms. The standard InChI is InChI=1S/C25H31NO6/c1-25(2,3)32-24(28)26(15-18-9-10-21(29-4)14-22(18)30-5)20-12-16-7-8-17(23(27)31-6)11-19(16)13-20/h7-11,14,20H,12-13,15H2,1-6H3. The van der Waals surface area contributed by atoms with Crippen LogP contribution in [0.15, 0.2) is 36.4 Å². The zero-order valence-corrected chi connectivity index (χ0v) is 19.6. The predicted octanol–water partition coefficient (Wildman–Crippen LogP) is 4.39. The van der Waals surface area contributed by atoms with E-state index in [2.05, 4.69) is 0 Å². The van der Waals surface area contributed by atoms with Crippen molar-refractivity contribution in [3.05, 3.63) is 58.7 Å². The number of hydrogen-bond acceptors (Lipinski definition) is 6. The number of methoxy groups -OCH3 is 3. The summed E-state index contributed by atoms with van der Waals surface area (Å²) in [5, 5.41) is 0. The molecule has 0 saturated carbocycles. The van der Waals surface area contributed by atoms with Crippen molar-refractivity contribution in [2.45, 2.75) is 51.8 Å². The van der Waals surface area contributed by atoms with E-state index in [-0.39, 0.29) is 18.1 Å². The molecular weight excluding hydrogens is 410 g/mol. The fraction of sp³-hybridized carbons (Fsp3) is 0.440. The number of fused-ring (bicyclic) bond motifs is 1. The van der Waals surface area contributed by atoms with E-state index in [0.29, 0.717) is 36.4 Å². The number of ether oxygens (including phenoxy) is 4. The monoisotopic (exact) mass is 441 g/mol. The van der Waals surface area contributed by atoms with Gasteiger partial charge in [-0.05, 0) is 69.0 Å². The molecule has 2 aromatic rings. The number of nitrogens with zero attached hydrogens (tertiary/aromatic N) is 1. The molecule has 0 spiro atoms. The largest absolute Gasteiger partial charge is 0.497 e. The molecule has 1 aliphatic rings. The van der Waals surface area contributed by atoms with Gasteiger partial charge in [0.15, 0.2) is 0 Å². The first kappa shape index (κ1) is 23.4. The van der Waals surface area contributed by atoms with Crippen LogP contribution in [0.4, 0.5) is 4.79 Å². The second-order valence-corrected chi connectivity index (χ2v) is 8.82. The lowest BCUT2D eigenvalue weighted by Crippen LogP contribution is -2.43. The molecule has 1 aliphatic carbocycles. The van der Waals surface area contributed by atoms with Crippen molar-refractivity contribution in [2.75, 3.05) is 21.3 Å². The van der Waals surface area contributed by atoms with Gasteiger partial charge in [-0.1, -0.05) is 6.07 Å². The predicted molar refractivity (Wildman–Crippen MR) is 120 cm³/mol. The topological polar surface area (TPSA) is 74.3 Å². The molecule has 0 aromatic heterocycles. The molecule has 32 heavy (non-hydrogen) atoms. The Morgan fingerprint density at radius 2 is 1.69 bits per heavy atom. The average Bonchev–Trinajstić information content (AvgIpc) is 3.18. The van der Waals surface area contributed by atoms with E-state index in [1.54, 1.807) is 31.3 Å². The molecule has 172 valence electrons. The van der Waals surface area contributed by atoms with Gasteiger partial charge >= 0.3 is 12.1 Å². The highest BCUT2D eigenvalue weighted by Crippen LogP contribution is 2.32. The lowest BCUT2D eigenvalue weighted by molar-refractivity contribution is 0.0146. The summed E-state index contributed by atoms with van der Waals surface area (Å²) >= 11 is 0. The smallest absolute Gasteiger partial charge is 0.410 e. The maximum atomic E-state index is 13.2. The molecule has 0 radical (unpaired) electrons. The van der Waals surface area contributed by atoms with E-state index in [0.717, 1.165) is 16.7 Å². The van der Waals surface area contributed by atoms with E-state index in [4.69, 9.17) is 18.9 Å². The maximum absolute atomic E-state index is 13.2. The highest BCUT2D eigenvalue weighted by Gasteiger charge is 2.34. The zero-order chi connectivity index (χ0) is 23.5. The van der Waals surface area contributed by atoms with Gasteiger partial charge in [-0.3, -0.25) is 0 Å². The van der Waals surface area contributed by atoms with Crippen LogP contribution in [0.25, 0.3) is 0 Å². The maximum Gasteiger partial charge on any atom is 0.410 e. The molecule has 1 unspecified atom stereocenters. The van der Waals surface area contributed by atoms with Gasteiger partial charge in [-0.15, -0.1) is 0 Å². The van der Waals surface area contributed by atoms with Gasteiger partial charge in [0.25, 0.3) is 0 Å². The summed E-state index contributed by atoms with van der Waals surface area (Å²) in [6.07, 6.45) is 0.910. The molecule has 0 fully saturated rings. The minimum atomic E-state index is -0.622. The lowest BCUT2D eigenvalue weighted by Gasteiger charge is -2.32. The molecule has 0 N–H and O–H groups in total. The molecule has 0 saturated heterocycles. The Kier molecular flexibility index (Phi) is 6.96. The third-order valence-electron chi connectivity index (χ3n) is 5.44. The van der Waals surface area contributed by atoms with Crippen LogP contribution in [-0.4, -0.2) is 49.9 Å². The first-order valence-corrected chi connectivity index (χ1v) is 10.6. The number of benzene rings is 2. The quantitative estimate of drug-likeness (QED) is 0.619. The number of rotatable bonds is 6. The van der Waals surface area contributed by atoms with Gasteiger partial charge in [0.05, 0.1) is 33.4 Å². The third kappa shape index (κ3) is 5.33. The SMILES string of the molecule is COC(=O)c1ccc2c(c1)CC(N(Cc1ccc(OC)cc1OC)C(=O)OC(C)(C)C)C2. The van der Waals surface area contributed by atoms with E-state index in [1.165, 1.54) is 7.11 Å². The summed E-state index contributed by atoms with van der Waals surface area (Å²) in [6.45, 7) is 5.87. The van der Waals surface area contributed by atoms with E-state index < -0.39 is 5.60 Å². The Morgan fingerprint density at radius 3 is 2.31 bits per heavy atom. The Hall–Kier alpha value is -3.22. The van der Waals surface area contributed by atoms with Gasteiger partial charge in [0.2, 0.25) is 0 Å².